The third-order valence-corrected chi connectivity index (χ3v) is 3.58. The Morgan fingerprint density at radius 2 is 2.24 bits per heavy atom. The molecule has 0 amide bonds. The minimum atomic E-state index is 0.00209. The fourth-order valence-corrected chi connectivity index (χ4v) is 2.62. The molecule has 3 nitrogen and oxygen atoms in total. The van der Waals surface area contributed by atoms with Gasteiger partial charge in [0, 0.05) is 11.6 Å². The summed E-state index contributed by atoms with van der Waals surface area (Å²) in [6.45, 7) is 2.24. The fourth-order valence-electron chi connectivity index (χ4n) is 2.62. The van der Waals surface area contributed by atoms with E-state index >= 15 is 0 Å². The summed E-state index contributed by atoms with van der Waals surface area (Å²) in [5.41, 5.74) is 2.51. The van der Waals surface area contributed by atoms with Crippen LogP contribution in [-0.2, 0) is 4.74 Å². The molecule has 1 aliphatic heterocycles. The van der Waals surface area contributed by atoms with Gasteiger partial charge < -0.3 is 14.4 Å². The van der Waals surface area contributed by atoms with Crippen molar-refractivity contribution in [2.75, 3.05) is 6.61 Å². The molecule has 1 aromatic heterocycles. The van der Waals surface area contributed by atoms with Crippen LogP contribution in [0.2, 0.25) is 0 Å². The highest BCUT2D eigenvalue weighted by atomic mass is 16.5. The van der Waals surface area contributed by atoms with Gasteiger partial charge in [-0.15, -0.1) is 0 Å². The van der Waals surface area contributed by atoms with Crippen molar-refractivity contribution >= 4 is 10.9 Å². The number of aryl methyl sites for hydroxylation is 1. The first-order chi connectivity index (χ1) is 8.29. The monoisotopic (exact) mass is 231 g/mol. The topological polar surface area (TPSA) is 34.4 Å². The number of aliphatic hydroxyl groups is 1. The molecule has 1 aliphatic rings. The van der Waals surface area contributed by atoms with E-state index in [1.807, 2.05) is 0 Å². The fraction of sp³-hybridized carbons (Fsp3) is 0.429. The van der Waals surface area contributed by atoms with E-state index in [-0.39, 0.29) is 18.9 Å². The zero-order chi connectivity index (χ0) is 11.8. The Labute approximate surface area is 101 Å². The largest absolute Gasteiger partial charge is 0.394 e. The van der Waals surface area contributed by atoms with Gasteiger partial charge in [0.2, 0.25) is 0 Å². The molecule has 1 N–H and O–H groups in total. The molecular weight excluding hydrogens is 214 g/mol. The van der Waals surface area contributed by atoms with Crippen LogP contribution < -0.4 is 0 Å². The zero-order valence-electron chi connectivity index (χ0n) is 9.97. The Morgan fingerprint density at radius 3 is 3.00 bits per heavy atom. The summed E-state index contributed by atoms with van der Waals surface area (Å²) in [6.07, 6.45) is 4.08. The van der Waals surface area contributed by atoms with E-state index in [0.717, 1.165) is 12.8 Å². The van der Waals surface area contributed by atoms with Crippen LogP contribution in [0.4, 0.5) is 0 Å². The van der Waals surface area contributed by atoms with Crippen molar-refractivity contribution in [3.63, 3.8) is 0 Å². The van der Waals surface area contributed by atoms with Gasteiger partial charge in [-0.05, 0) is 37.5 Å². The quantitative estimate of drug-likeness (QED) is 0.862. The number of aliphatic hydroxyl groups excluding tert-OH is 1. The summed E-state index contributed by atoms with van der Waals surface area (Å²) in [6, 6.07) is 8.46. The molecule has 90 valence electrons. The van der Waals surface area contributed by atoms with Crippen LogP contribution in [0.15, 0.2) is 30.5 Å². The van der Waals surface area contributed by atoms with Gasteiger partial charge in [0.05, 0.1) is 18.2 Å². The lowest BCUT2D eigenvalue weighted by Crippen LogP contribution is -2.13. The number of hydrogen-bond acceptors (Lipinski definition) is 2. The smallest absolute Gasteiger partial charge is 0.134 e. The molecule has 0 saturated carbocycles. The molecule has 0 unspecified atom stereocenters. The van der Waals surface area contributed by atoms with Gasteiger partial charge in [-0.3, -0.25) is 0 Å². The van der Waals surface area contributed by atoms with Gasteiger partial charge in [-0.1, -0.05) is 12.1 Å². The lowest BCUT2D eigenvalue weighted by atomic mass is 10.1. The second kappa shape index (κ2) is 4.17. The van der Waals surface area contributed by atoms with Crippen LogP contribution in [0.5, 0.6) is 0 Å². The van der Waals surface area contributed by atoms with E-state index in [4.69, 9.17) is 9.84 Å². The number of benzene rings is 1. The average Bonchev–Trinajstić information content (AvgIpc) is 2.94. The second-order valence-corrected chi connectivity index (χ2v) is 4.70. The maximum Gasteiger partial charge on any atom is 0.134 e. The number of aromatic nitrogens is 1. The first-order valence-electron chi connectivity index (χ1n) is 6.12. The Kier molecular flexibility index (Phi) is 2.65. The summed E-state index contributed by atoms with van der Waals surface area (Å²) in [5.74, 6) is 0. The molecule has 2 aromatic rings. The van der Waals surface area contributed by atoms with Gasteiger partial charge >= 0.3 is 0 Å². The Hall–Kier alpha value is -1.32. The lowest BCUT2D eigenvalue weighted by molar-refractivity contribution is -0.0202. The van der Waals surface area contributed by atoms with E-state index in [1.165, 1.54) is 16.5 Å². The number of hydrogen-bond donors (Lipinski definition) is 1. The van der Waals surface area contributed by atoms with Crippen molar-refractivity contribution in [1.82, 2.24) is 4.57 Å². The van der Waals surface area contributed by atoms with Crippen molar-refractivity contribution in [3.05, 3.63) is 36.0 Å². The van der Waals surface area contributed by atoms with Crippen molar-refractivity contribution in [3.8, 4) is 0 Å². The molecule has 3 rings (SSSR count). The van der Waals surface area contributed by atoms with Crippen molar-refractivity contribution < 1.29 is 9.84 Å². The molecule has 17 heavy (non-hydrogen) atoms. The molecule has 1 aromatic carbocycles. The van der Waals surface area contributed by atoms with E-state index in [1.54, 1.807) is 0 Å². The van der Waals surface area contributed by atoms with Crippen LogP contribution >= 0.6 is 0 Å². The van der Waals surface area contributed by atoms with E-state index in [2.05, 4.69) is 42.0 Å². The molecular formula is C14H17NO2. The Balaban J connectivity index is 1.99. The van der Waals surface area contributed by atoms with Crippen LogP contribution in [0.1, 0.15) is 24.6 Å². The number of rotatable bonds is 2. The molecule has 2 atom stereocenters. The number of ether oxygens (including phenoxy) is 1. The third-order valence-electron chi connectivity index (χ3n) is 3.58. The molecule has 1 fully saturated rings. The van der Waals surface area contributed by atoms with Gasteiger partial charge in [-0.2, -0.15) is 0 Å². The molecule has 1 saturated heterocycles. The first-order valence-corrected chi connectivity index (χ1v) is 6.12. The Bertz CT molecular complexity index is 532. The maximum absolute atomic E-state index is 9.10. The van der Waals surface area contributed by atoms with Gasteiger partial charge in [0.1, 0.15) is 6.23 Å². The van der Waals surface area contributed by atoms with Crippen LogP contribution in [-0.4, -0.2) is 22.4 Å². The molecule has 0 bridgehead atoms. The van der Waals surface area contributed by atoms with Crippen LogP contribution in [0.3, 0.4) is 0 Å². The van der Waals surface area contributed by atoms with E-state index in [9.17, 15) is 0 Å². The highest BCUT2D eigenvalue weighted by Gasteiger charge is 2.26. The summed E-state index contributed by atoms with van der Waals surface area (Å²) in [7, 11) is 0. The van der Waals surface area contributed by atoms with E-state index in [0.29, 0.717) is 0 Å². The van der Waals surface area contributed by atoms with E-state index < -0.39 is 0 Å². The standard InChI is InChI=1S/C14H17NO2/c1-10-3-2-4-13-12(10)7-8-15(13)14-6-5-11(9-16)17-14/h2-4,7-8,11,14,16H,5-6,9H2,1H3/t11-,14+/m0/s1. The first kappa shape index (κ1) is 10.8. The SMILES string of the molecule is Cc1cccc2c1ccn2[C@H]1CC[C@@H](CO)O1. The summed E-state index contributed by atoms with van der Waals surface area (Å²) < 4.78 is 7.99. The minimum Gasteiger partial charge on any atom is -0.394 e. The predicted octanol–water partition coefficient (Wildman–Crippen LogP) is 2.62. The number of fused-ring (bicyclic) bond motifs is 1. The normalized spacial score (nSPS) is 24.6. The van der Waals surface area contributed by atoms with Crippen LogP contribution in [0.25, 0.3) is 10.9 Å². The van der Waals surface area contributed by atoms with Crippen molar-refractivity contribution in [2.24, 2.45) is 0 Å². The summed E-state index contributed by atoms with van der Waals surface area (Å²) >= 11 is 0. The van der Waals surface area contributed by atoms with Gasteiger partial charge in [0.25, 0.3) is 0 Å². The molecule has 2 heterocycles. The van der Waals surface area contributed by atoms with Crippen molar-refractivity contribution in [2.45, 2.75) is 32.1 Å². The summed E-state index contributed by atoms with van der Waals surface area (Å²) in [4.78, 5) is 0. The average molecular weight is 231 g/mol. The highest BCUT2D eigenvalue weighted by molar-refractivity contribution is 5.83. The van der Waals surface area contributed by atoms with Crippen molar-refractivity contribution in [1.29, 1.82) is 0 Å². The summed E-state index contributed by atoms with van der Waals surface area (Å²) in [5, 5.41) is 10.4. The molecule has 3 heteroatoms. The van der Waals surface area contributed by atoms with Crippen LogP contribution in [0, 0.1) is 6.92 Å². The lowest BCUT2D eigenvalue weighted by Gasteiger charge is -2.15. The highest BCUT2D eigenvalue weighted by Crippen LogP contribution is 2.32. The Morgan fingerprint density at radius 1 is 1.35 bits per heavy atom. The minimum absolute atomic E-state index is 0.00209. The van der Waals surface area contributed by atoms with Gasteiger partial charge in [-0.25, -0.2) is 0 Å². The molecule has 0 spiro atoms. The predicted molar refractivity (Wildman–Crippen MR) is 66.9 cm³/mol. The number of nitrogens with zero attached hydrogens (tertiary/aromatic N) is 1. The molecule has 0 radical (unpaired) electrons. The third kappa shape index (κ3) is 1.75. The maximum atomic E-state index is 9.10. The zero-order valence-corrected chi connectivity index (χ0v) is 9.97. The van der Waals surface area contributed by atoms with Gasteiger partial charge in [0.15, 0.2) is 0 Å². The second-order valence-electron chi connectivity index (χ2n) is 4.70. The molecule has 0 aliphatic carbocycles.